The number of rotatable bonds is 7. The van der Waals surface area contributed by atoms with E-state index in [4.69, 9.17) is 16.3 Å². The topological polar surface area (TPSA) is 55.8 Å². The SMILES string of the molecule is COC.COc1cc(F)c(C(C)C)cc1-c1ccc(C(F)(F)F)cc1C(=O)N(C=O)CCCl. The summed E-state index contributed by atoms with van der Waals surface area (Å²) in [5.41, 5.74) is -0.820. The molecular weight excluding hydrogens is 466 g/mol. The van der Waals surface area contributed by atoms with Crippen LogP contribution in [0, 0.1) is 5.82 Å². The Balaban J connectivity index is 0.00000172. The predicted octanol–water partition coefficient (Wildman–Crippen LogP) is 5.74. The molecule has 0 aliphatic carbocycles. The van der Waals surface area contributed by atoms with Crippen LogP contribution in [0.1, 0.15) is 41.3 Å². The molecule has 0 aliphatic rings. The zero-order valence-electron chi connectivity index (χ0n) is 18.9. The molecule has 0 N–H and O–H groups in total. The van der Waals surface area contributed by atoms with Crippen LogP contribution in [-0.2, 0) is 15.7 Å². The quantitative estimate of drug-likeness (QED) is 0.281. The monoisotopic (exact) mass is 491 g/mol. The van der Waals surface area contributed by atoms with E-state index in [1.54, 1.807) is 28.1 Å². The van der Waals surface area contributed by atoms with Gasteiger partial charge in [0.1, 0.15) is 11.6 Å². The van der Waals surface area contributed by atoms with Crippen LogP contribution in [0.3, 0.4) is 0 Å². The second kappa shape index (κ2) is 12.6. The lowest BCUT2D eigenvalue weighted by atomic mass is 9.92. The third-order valence-electron chi connectivity index (χ3n) is 4.52. The maximum Gasteiger partial charge on any atom is 0.416 e. The van der Waals surface area contributed by atoms with Crippen LogP contribution in [-0.4, -0.2) is 51.0 Å². The number of methoxy groups -OCH3 is 2. The van der Waals surface area contributed by atoms with Crippen molar-refractivity contribution in [3.8, 4) is 16.9 Å². The highest BCUT2D eigenvalue weighted by Gasteiger charge is 2.33. The minimum absolute atomic E-state index is 0.0423. The van der Waals surface area contributed by atoms with Crippen LogP contribution in [0.2, 0.25) is 0 Å². The largest absolute Gasteiger partial charge is 0.496 e. The van der Waals surface area contributed by atoms with Gasteiger partial charge in [0, 0.05) is 43.8 Å². The lowest BCUT2D eigenvalue weighted by Crippen LogP contribution is -2.32. The van der Waals surface area contributed by atoms with E-state index in [2.05, 4.69) is 4.74 Å². The Morgan fingerprint density at radius 1 is 1.12 bits per heavy atom. The molecule has 0 spiro atoms. The van der Waals surface area contributed by atoms with Gasteiger partial charge in [-0.3, -0.25) is 14.5 Å². The third-order valence-corrected chi connectivity index (χ3v) is 4.69. The molecule has 10 heteroatoms. The molecule has 0 bridgehead atoms. The lowest BCUT2D eigenvalue weighted by Gasteiger charge is -2.20. The van der Waals surface area contributed by atoms with E-state index in [-0.39, 0.29) is 47.2 Å². The Labute approximate surface area is 195 Å². The molecule has 0 aliphatic heterocycles. The van der Waals surface area contributed by atoms with Gasteiger partial charge in [0.2, 0.25) is 6.41 Å². The normalized spacial score (nSPS) is 11.0. The van der Waals surface area contributed by atoms with Crippen LogP contribution in [0.5, 0.6) is 5.75 Å². The van der Waals surface area contributed by atoms with E-state index in [0.29, 0.717) is 16.5 Å². The van der Waals surface area contributed by atoms with E-state index in [1.165, 1.54) is 13.2 Å². The second-order valence-electron chi connectivity index (χ2n) is 7.19. The molecule has 0 fully saturated rings. The fraction of sp³-hybridized carbons (Fsp3) is 0.391. The number of hydrogen-bond donors (Lipinski definition) is 0. The van der Waals surface area contributed by atoms with E-state index in [9.17, 15) is 27.2 Å². The van der Waals surface area contributed by atoms with Gasteiger partial charge in [-0.25, -0.2) is 4.39 Å². The van der Waals surface area contributed by atoms with Crippen molar-refractivity contribution in [2.45, 2.75) is 25.9 Å². The summed E-state index contributed by atoms with van der Waals surface area (Å²) in [7, 11) is 4.53. The van der Waals surface area contributed by atoms with Crippen molar-refractivity contribution in [1.82, 2.24) is 4.90 Å². The molecule has 0 unspecified atom stereocenters. The molecule has 2 aromatic rings. The number of imide groups is 1. The molecule has 2 rings (SSSR count). The van der Waals surface area contributed by atoms with E-state index < -0.39 is 23.5 Å². The first-order valence-corrected chi connectivity index (χ1v) is 10.3. The first-order chi connectivity index (χ1) is 15.5. The summed E-state index contributed by atoms with van der Waals surface area (Å²) in [5, 5.41) is 0. The summed E-state index contributed by atoms with van der Waals surface area (Å²) in [6.45, 7) is 3.32. The van der Waals surface area contributed by atoms with Gasteiger partial charge in [-0.15, -0.1) is 11.6 Å². The summed E-state index contributed by atoms with van der Waals surface area (Å²) in [4.78, 5) is 24.9. The minimum Gasteiger partial charge on any atom is -0.496 e. The maximum atomic E-state index is 14.4. The molecule has 0 heterocycles. The average molecular weight is 492 g/mol. The van der Waals surface area contributed by atoms with Gasteiger partial charge in [0.15, 0.2) is 0 Å². The van der Waals surface area contributed by atoms with Gasteiger partial charge in [0.25, 0.3) is 5.91 Å². The van der Waals surface area contributed by atoms with Crippen molar-refractivity contribution in [2.24, 2.45) is 0 Å². The average Bonchev–Trinajstić information content (AvgIpc) is 2.76. The Bertz CT molecular complexity index is 964. The van der Waals surface area contributed by atoms with Crippen molar-refractivity contribution in [2.75, 3.05) is 33.8 Å². The smallest absolute Gasteiger partial charge is 0.416 e. The number of carbonyl (C=O) groups excluding carboxylic acids is 2. The highest BCUT2D eigenvalue weighted by molar-refractivity contribution is 6.18. The molecule has 0 saturated carbocycles. The van der Waals surface area contributed by atoms with E-state index >= 15 is 0 Å². The fourth-order valence-electron chi connectivity index (χ4n) is 2.97. The minimum atomic E-state index is -4.71. The van der Waals surface area contributed by atoms with Gasteiger partial charge in [0.05, 0.1) is 12.7 Å². The predicted molar refractivity (Wildman–Crippen MR) is 118 cm³/mol. The molecule has 2 aromatic carbocycles. The maximum absolute atomic E-state index is 14.4. The highest BCUT2D eigenvalue weighted by Crippen LogP contribution is 2.39. The standard InChI is InChI=1S/C21H20ClF4NO3.C2H6O/c1-12(2)15-9-16(19(30-3)10-18(15)23)14-5-4-13(21(24,25)26)8-17(14)20(29)27(11-28)7-6-22;1-3-2/h4-5,8-12H,6-7H2,1-3H3;1-2H3. The van der Waals surface area contributed by atoms with Crippen molar-refractivity contribution < 1.29 is 36.6 Å². The van der Waals surface area contributed by atoms with Gasteiger partial charge in [-0.05, 0) is 35.2 Å². The number of amides is 2. The molecule has 2 amide bonds. The molecule has 182 valence electrons. The lowest BCUT2D eigenvalue weighted by molar-refractivity contribution is -0.137. The molecule has 0 aromatic heterocycles. The Morgan fingerprint density at radius 2 is 1.73 bits per heavy atom. The second-order valence-corrected chi connectivity index (χ2v) is 7.57. The van der Waals surface area contributed by atoms with Crippen molar-refractivity contribution >= 4 is 23.9 Å². The number of ether oxygens (including phenoxy) is 2. The molecule has 0 radical (unpaired) electrons. The van der Waals surface area contributed by atoms with Crippen molar-refractivity contribution in [3.63, 3.8) is 0 Å². The number of hydrogen-bond acceptors (Lipinski definition) is 4. The van der Waals surface area contributed by atoms with Crippen LogP contribution in [0.4, 0.5) is 17.6 Å². The zero-order valence-corrected chi connectivity index (χ0v) is 19.7. The Morgan fingerprint density at radius 3 is 2.18 bits per heavy atom. The number of carbonyl (C=O) groups is 2. The third kappa shape index (κ3) is 7.17. The number of alkyl halides is 4. The van der Waals surface area contributed by atoms with Crippen LogP contribution in [0.25, 0.3) is 11.1 Å². The number of benzene rings is 2. The van der Waals surface area contributed by atoms with Gasteiger partial charge < -0.3 is 9.47 Å². The van der Waals surface area contributed by atoms with Crippen LogP contribution in [0.15, 0.2) is 30.3 Å². The Hall–Kier alpha value is -2.65. The fourth-order valence-corrected chi connectivity index (χ4v) is 3.16. The molecule has 0 saturated heterocycles. The zero-order chi connectivity index (χ0) is 25.3. The summed E-state index contributed by atoms with van der Waals surface area (Å²) in [6, 6.07) is 5.15. The highest BCUT2D eigenvalue weighted by atomic mass is 35.5. The van der Waals surface area contributed by atoms with Gasteiger partial charge in [-0.2, -0.15) is 13.2 Å². The summed E-state index contributed by atoms with van der Waals surface area (Å²) in [5.74, 6) is -1.77. The molecule has 5 nitrogen and oxygen atoms in total. The summed E-state index contributed by atoms with van der Waals surface area (Å²) >= 11 is 5.59. The van der Waals surface area contributed by atoms with Crippen molar-refractivity contribution in [1.29, 1.82) is 0 Å². The summed E-state index contributed by atoms with van der Waals surface area (Å²) < 4.78 is 63.7. The Kier molecular flexibility index (Phi) is 10.8. The van der Waals surface area contributed by atoms with Crippen LogP contribution < -0.4 is 4.74 Å². The molecule has 33 heavy (non-hydrogen) atoms. The molecular formula is C23H26ClF4NO4. The van der Waals surface area contributed by atoms with Gasteiger partial charge in [-0.1, -0.05) is 19.9 Å². The first-order valence-electron chi connectivity index (χ1n) is 9.78. The van der Waals surface area contributed by atoms with E-state index in [1.807, 2.05) is 0 Å². The van der Waals surface area contributed by atoms with E-state index in [0.717, 1.165) is 18.2 Å². The summed E-state index contributed by atoms with van der Waals surface area (Å²) in [6.07, 6.45) is -4.50. The first kappa shape index (κ1) is 28.4. The van der Waals surface area contributed by atoms with Crippen molar-refractivity contribution in [3.05, 3.63) is 52.8 Å². The number of halogens is 5. The van der Waals surface area contributed by atoms with Gasteiger partial charge >= 0.3 is 6.18 Å². The molecule has 0 atom stereocenters. The van der Waals surface area contributed by atoms with Crippen LogP contribution >= 0.6 is 11.6 Å². The number of nitrogens with zero attached hydrogens (tertiary/aromatic N) is 1.